The van der Waals surface area contributed by atoms with Gasteiger partial charge < -0.3 is 11.1 Å². The summed E-state index contributed by atoms with van der Waals surface area (Å²) < 4.78 is 39.0. The van der Waals surface area contributed by atoms with E-state index in [1.165, 1.54) is 0 Å². The van der Waals surface area contributed by atoms with Gasteiger partial charge in [0.1, 0.15) is 0 Å². The lowest BCUT2D eigenvalue weighted by atomic mass is 9.80. The zero-order chi connectivity index (χ0) is 15.6. The van der Waals surface area contributed by atoms with E-state index in [1.54, 1.807) is 18.2 Å². The molecule has 0 saturated heterocycles. The Hall–Kier alpha value is -1.24. The van der Waals surface area contributed by atoms with Crippen LogP contribution in [-0.4, -0.2) is 12.1 Å². The maximum absolute atomic E-state index is 12.7. The molecule has 7 heteroatoms. The Kier molecular flexibility index (Phi) is 4.81. The molecule has 0 aliphatic heterocycles. The third-order valence-electron chi connectivity index (χ3n) is 3.77. The molecule has 0 radical (unpaired) electrons. The number of halogens is 4. The van der Waals surface area contributed by atoms with Crippen molar-refractivity contribution < 1.29 is 18.0 Å². The first kappa shape index (κ1) is 16.1. The Morgan fingerprint density at radius 3 is 2.67 bits per heavy atom. The smallest absolute Gasteiger partial charge is 0.391 e. The molecule has 0 bridgehead atoms. The maximum atomic E-state index is 12.7. The summed E-state index contributed by atoms with van der Waals surface area (Å²) in [7, 11) is 0. The fourth-order valence-corrected chi connectivity index (χ4v) is 2.84. The van der Waals surface area contributed by atoms with E-state index in [0.717, 1.165) is 0 Å². The second kappa shape index (κ2) is 6.25. The molecule has 2 rings (SSSR count). The van der Waals surface area contributed by atoms with Crippen LogP contribution in [0.1, 0.15) is 25.7 Å². The summed E-state index contributed by atoms with van der Waals surface area (Å²) in [5.41, 5.74) is 6.66. The molecule has 116 valence electrons. The molecule has 1 aromatic carbocycles. The number of hydrogen-bond acceptors (Lipinski definition) is 2. The number of hydrogen-bond donors (Lipinski definition) is 2. The Morgan fingerprint density at radius 1 is 1.33 bits per heavy atom. The molecule has 3 nitrogen and oxygen atoms in total. The number of nitrogens with one attached hydrogen (secondary N) is 1. The summed E-state index contributed by atoms with van der Waals surface area (Å²) >= 11 is 3.24. The minimum atomic E-state index is -4.22. The van der Waals surface area contributed by atoms with Crippen LogP contribution >= 0.6 is 15.9 Å². The van der Waals surface area contributed by atoms with Gasteiger partial charge in [-0.1, -0.05) is 6.42 Å². The van der Waals surface area contributed by atoms with E-state index in [9.17, 15) is 18.0 Å². The molecule has 2 unspecified atom stereocenters. The first-order chi connectivity index (χ1) is 9.77. The van der Waals surface area contributed by atoms with Gasteiger partial charge in [0, 0.05) is 21.8 Å². The van der Waals surface area contributed by atoms with E-state index in [2.05, 4.69) is 21.2 Å². The van der Waals surface area contributed by atoms with Crippen molar-refractivity contribution in [3.63, 3.8) is 0 Å². The summed E-state index contributed by atoms with van der Waals surface area (Å²) in [6.07, 6.45) is -3.34. The van der Waals surface area contributed by atoms with Crippen LogP contribution < -0.4 is 11.1 Å². The third kappa shape index (κ3) is 4.12. The molecule has 21 heavy (non-hydrogen) atoms. The van der Waals surface area contributed by atoms with Crippen LogP contribution in [0.25, 0.3) is 0 Å². The van der Waals surface area contributed by atoms with Crippen molar-refractivity contribution in [3.05, 3.63) is 22.7 Å². The number of amides is 1. The molecule has 2 atom stereocenters. The minimum Gasteiger partial charge on any atom is -0.398 e. The van der Waals surface area contributed by atoms with Crippen LogP contribution in [0.5, 0.6) is 0 Å². The average molecular weight is 365 g/mol. The van der Waals surface area contributed by atoms with Gasteiger partial charge in [-0.2, -0.15) is 13.2 Å². The van der Waals surface area contributed by atoms with Crippen molar-refractivity contribution >= 4 is 33.2 Å². The molecule has 1 aliphatic carbocycles. The van der Waals surface area contributed by atoms with Gasteiger partial charge in [-0.05, 0) is 53.4 Å². The fourth-order valence-electron chi connectivity index (χ4n) is 2.59. The second-order valence-corrected chi connectivity index (χ2v) is 6.18. The molecular weight excluding hydrogens is 349 g/mol. The monoisotopic (exact) mass is 364 g/mol. The Balaban J connectivity index is 2.01. The predicted molar refractivity (Wildman–Crippen MR) is 78.7 cm³/mol. The van der Waals surface area contributed by atoms with Crippen LogP contribution in [0, 0.1) is 11.8 Å². The van der Waals surface area contributed by atoms with Crippen molar-refractivity contribution in [2.45, 2.75) is 31.9 Å². The molecular formula is C14H16BrF3N2O. The number of anilines is 2. The summed E-state index contributed by atoms with van der Waals surface area (Å²) in [4.78, 5) is 12.1. The van der Waals surface area contributed by atoms with Gasteiger partial charge in [-0.3, -0.25) is 4.79 Å². The van der Waals surface area contributed by atoms with Crippen LogP contribution in [0.3, 0.4) is 0 Å². The molecule has 1 amide bonds. The summed E-state index contributed by atoms with van der Waals surface area (Å²) in [5, 5.41) is 2.64. The highest BCUT2D eigenvalue weighted by molar-refractivity contribution is 9.10. The molecule has 0 heterocycles. The van der Waals surface area contributed by atoms with Gasteiger partial charge in [-0.25, -0.2) is 0 Å². The maximum Gasteiger partial charge on any atom is 0.391 e. The molecule has 1 saturated carbocycles. The number of rotatable bonds is 2. The first-order valence-electron chi connectivity index (χ1n) is 6.70. The summed E-state index contributed by atoms with van der Waals surface area (Å²) in [5.74, 6) is -2.35. The fraction of sp³-hybridized carbons (Fsp3) is 0.500. The predicted octanol–water partition coefficient (Wildman–Crippen LogP) is 4.34. The highest BCUT2D eigenvalue weighted by atomic mass is 79.9. The van der Waals surface area contributed by atoms with E-state index in [-0.39, 0.29) is 18.7 Å². The Labute approximate surface area is 129 Å². The average Bonchev–Trinajstić information content (AvgIpc) is 2.42. The number of carbonyl (C=O) groups is 1. The lowest BCUT2D eigenvalue weighted by molar-refractivity contribution is -0.185. The molecule has 1 aromatic rings. The molecule has 0 spiro atoms. The largest absolute Gasteiger partial charge is 0.398 e. The molecule has 1 aliphatic rings. The van der Waals surface area contributed by atoms with Crippen LogP contribution in [0.2, 0.25) is 0 Å². The van der Waals surface area contributed by atoms with Crippen molar-refractivity contribution in [3.8, 4) is 0 Å². The van der Waals surface area contributed by atoms with Crippen LogP contribution in [0.4, 0.5) is 24.5 Å². The first-order valence-corrected chi connectivity index (χ1v) is 7.49. The van der Waals surface area contributed by atoms with E-state index in [0.29, 0.717) is 28.7 Å². The number of alkyl halides is 3. The lowest BCUT2D eigenvalue weighted by Gasteiger charge is -2.29. The van der Waals surface area contributed by atoms with Crippen molar-refractivity contribution in [2.24, 2.45) is 11.8 Å². The van der Waals surface area contributed by atoms with Gasteiger partial charge in [0.2, 0.25) is 5.91 Å². The highest BCUT2D eigenvalue weighted by Crippen LogP contribution is 2.40. The van der Waals surface area contributed by atoms with Crippen LogP contribution in [-0.2, 0) is 4.79 Å². The van der Waals surface area contributed by atoms with Gasteiger partial charge >= 0.3 is 6.18 Å². The molecule has 3 N–H and O–H groups in total. The standard InChI is InChI=1S/C14H16BrF3N2O/c15-11-5-4-10(7-12(11)19)20-13(21)8-2-1-3-9(6-8)14(16,17)18/h4-5,7-9H,1-3,6,19H2,(H,20,21). The van der Waals surface area contributed by atoms with Crippen molar-refractivity contribution in [2.75, 3.05) is 11.1 Å². The normalized spacial score (nSPS) is 22.9. The topological polar surface area (TPSA) is 55.1 Å². The zero-order valence-electron chi connectivity index (χ0n) is 11.2. The number of benzene rings is 1. The number of nitrogen functional groups attached to an aromatic ring is 1. The zero-order valence-corrected chi connectivity index (χ0v) is 12.8. The van der Waals surface area contributed by atoms with Crippen molar-refractivity contribution in [1.82, 2.24) is 0 Å². The van der Waals surface area contributed by atoms with E-state index >= 15 is 0 Å². The Bertz CT molecular complexity index is 533. The summed E-state index contributed by atoms with van der Waals surface area (Å²) in [6, 6.07) is 4.92. The number of carbonyl (C=O) groups excluding carboxylic acids is 1. The van der Waals surface area contributed by atoms with Gasteiger partial charge in [0.25, 0.3) is 0 Å². The quantitative estimate of drug-likeness (QED) is 0.767. The third-order valence-corrected chi connectivity index (χ3v) is 4.49. The Morgan fingerprint density at radius 2 is 2.05 bits per heavy atom. The van der Waals surface area contributed by atoms with Gasteiger partial charge in [0.05, 0.1) is 5.92 Å². The minimum absolute atomic E-state index is 0.110. The van der Waals surface area contributed by atoms with Crippen LogP contribution in [0.15, 0.2) is 22.7 Å². The number of nitrogens with two attached hydrogens (primary N) is 1. The summed E-state index contributed by atoms with van der Waals surface area (Å²) in [6.45, 7) is 0. The van der Waals surface area contributed by atoms with Gasteiger partial charge in [-0.15, -0.1) is 0 Å². The van der Waals surface area contributed by atoms with Crippen molar-refractivity contribution in [1.29, 1.82) is 0 Å². The molecule has 0 aromatic heterocycles. The van der Waals surface area contributed by atoms with Gasteiger partial charge in [0.15, 0.2) is 0 Å². The highest BCUT2D eigenvalue weighted by Gasteiger charge is 2.43. The van der Waals surface area contributed by atoms with E-state index < -0.39 is 18.0 Å². The molecule has 1 fully saturated rings. The second-order valence-electron chi connectivity index (χ2n) is 5.33. The SMILES string of the molecule is Nc1cc(NC(=O)C2CCCC(C(F)(F)F)C2)ccc1Br. The lowest BCUT2D eigenvalue weighted by Crippen LogP contribution is -2.34. The van der Waals surface area contributed by atoms with E-state index in [1.807, 2.05) is 0 Å². The van der Waals surface area contributed by atoms with E-state index in [4.69, 9.17) is 5.73 Å².